The number of likely N-dealkylation sites (N-methyl/N-ethyl adjacent to an activating group) is 1. The topological polar surface area (TPSA) is 29.9 Å². The van der Waals surface area contributed by atoms with E-state index in [1.807, 2.05) is 18.7 Å². The molecule has 3 rings (SSSR count). The summed E-state index contributed by atoms with van der Waals surface area (Å²) in [4.78, 5) is 0. The van der Waals surface area contributed by atoms with E-state index in [2.05, 4.69) is 57.7 Å². The van der Waals surface area contributed by atoms with Crippen LogP contribution in [0.3, 0.4) is 0 Å². The van der Waals surface area contributed by atoms with Crippen molar-refractivity contribution in [3.8, 4) is 0 Å². The van der Waals surface area contributed by atoms with Crippen LogP contribution in [0.5, 0.6) is 0 Å². The minimum absolute atomic E-state index is 0.475. The van der Waals surface area contributed by atoms with Crippen molar-refractivity contribution in [2.24, 2.45) is 13.0 Å². The summed E-state index contributed by atoms with van der Waals surface area (Å²) in [6.45, 7) is 2.05. The minimum atomic E-state index is 0.475. The first kappa shape index (κ1) is 14.8. The molecule has 0 radical (unpaired) electrons. The molecular weight excluding hydrogens is 326 g/mol. The summed E-state index contributed by atoms with van der Waals surface area (Å²) >= 11 is 3.68. The zero-order valence-corrected chi connectivity index (χ0v) is 14.4. The van der Waals surface area contributed by atoms with Crippen molar-refractivity contribution in [3.63, 3.8) is 0 Å². The van der Waals surface area contributed by atoms with Gasteiger partial charge < -0.3 is 5.32 Å². The van der Waals surface area contributed by atoms with Crippen LogP contribution < -0.4 is 5.32 Å². The predicted octanol–water partition coefficient (Wildman–Crippen LogP) is 3.04. The molecule has 4 heteroatoms. The van der Waals surface area contributed by atoms with Crippen molar-refractivity contribution in [1.29, 1.82) is 0 Å². The highest BCUT2D eigenvalue weighted by Gasteiger charge is 2.29. The maximum atomic E-state index is 4.51. The van der Waals surface area contributed by atoms with Gasteiger partial charge in [-0.25, -0.2) is 0 Å². The highest BCUT2D eigenvalue weighted by molar-refractivity contribution is 9.10. The smallest absolute Gasteiger partial charge is 0.0738 e. The molecule has 0 saturated carbocycles. The molecule has 0 bridgehead atoms. The van der Waals surface area contributed by atoms with Crippen molar-refractivity contribution in [2.45, 2.75) is 32.2 Å². The lowest BCUT2D eigenvalue weighted by atomic mass is 9.93. The van der Waals surface area contributed by atoms with Crippen LogP contribution in [0.1, 0.15) is 22.5 Å². The molecule has 1 aliphatic carbocycles. The van der Waals surface area contributed by atoms with E-state index in [-0.39, 0.29) is 0 Å². The maximum absolute atomic E-state index is 4.51. The van der Waals surface area contributed by atoms with Crippen LogP contribution >= 0.6 is 15.9 Å². The molecule has 2 aromatic rings. The quantitative estimate of drug-likeness (QED) is 0.921. The van der Waals surface area contributed by atoms with Crippen LogP contribution in [0.2, 0.25) is 0 Å². The zero-order valence-electron chi connectivity index (χ0n) is 12.9. The summed E-state index contributed by atoms with van der Waals surface area (Å²) in [5.74, 6) is 0.662. The molecule has 3 nitrogen and oxygen atoms in total. The lowest BCUT2D eigenvalue weighted by Crippen LogP contribution is -2.36. The van der Waals surface area contributed by atoms with Gasteiger partial charge in [-0.15, -0.1) is 0 Å². The predicted molar refractivity (Wildman–Crippen MR) is 89.5 cm³/mol. The van der Waals surface area contributed by atoms with Gasteiger partial charge in [0.15, 0.2) is 0 Å². The molecule has 1 unspecified atom stereocenters. The number of rotatable bonds is 4. The van der Waals surface area contributed by atoms with Gasteiger partial charge in [0, 0.05) is 19.5 Å². The average Bonchev–Trinajstić information content (AvgIpc) is 3.00. The fraction of sp³-hybridized carbons (Fsp3) is 0.471. The van der Waals surface area contributed by atoms with Crippen molar-refractivity contribution in [1.82, 2.24) is 15.1 Å². The van der Waals surface area contributed by atoms with Gasteiger partial charge >= 0.3 is 0 Å². The third kappa shape index (κ3) is 2.79. The SMILES string of the molecule is CNC(Cc1c(Br)c(C)nn1C)C1Cc2ccccc2C1. The molecule has 0 spiro atoms. The first-order valence-corrected chi connectivity index (χ1v) is 8.31. The Kier molecular flexibility index (Phi) is 4.18. The van der Waals surface area contributed by atoms with Gasteiger partial charge in [0.2, 0.25) is 0 Å². The highest BCUT2D eigenvalue weighted by atomic mass is 79.9. The molecule has 1 aromatic heterocycles. The van der Waals surface area contributed by atoms with Crippen molar-refractivity contribution < 1.29 is 0 Å². The van der Waals surface area contributed by atoms with Crippen LogP contribution in [0.25, 0.3) is 0 Å². The molecule has 0 aliphatic heterocycles. The van der Waals surface area contributed by atoms with E-state index in [9.17, 15) is 0 Å². The lowest BCUT2D eigenvalue weighted by molar-refractivity contribution is 0.376. The molecule has 21 heavy (non-hydrogen) atoms. The standard InChI is InChI=1S/C17H22BrN3/c1-11-17(18)16(21(3)20-11)10-15(19-2)14-8-12-6-4-5-7-13(12)9-14/h4-7,14-15,19H,8-10H2,1-3H3. The number of nitrogens with zero attached hydrogens (tertiary/aromatic N) is 2. The van der Waals surface area contributed by atoms with Crippen LogP contribution in [-0.4, -0.2) is 22.9 Å². The Hall–Kier alpha value is -1.13. The fourth-order valence-electron chi connectivity index (χ4n) is 3.49. The number of nitrogens with one attached hydrogen (secondary N) is 1. The molecule has 1 atom stereocenters. The van der Waals surface area contributed by atoms with E-state index in [4.69, 9.17) is 0 Å². The van der Waals surface area contributed by atoms with E-state index in [0.29, 0.717) is 12.0 Å². The van der Waals surface area contributed by atoms with E-state index >= 15 is 0 Å². The van der Waals surface area contributed by atoms with E-state index in [1.54, 1.807) is 0 Å². The summed E-state index contributed by atoms with van der Waals surface area (Å²) in [6, 6.07) is 9.31. The van der Waals surface area contributed by atoms with Crippen LogP contribution in [-0.2, 0) is 26.3 Å². The van der Waals surface area contributed by atoms with Gasteiger partial charge in [0.1, 0.15) is 0 Å². The second-order valence-corrected chi connectivity index (χ2v) is 6.80. The number of aromatic nitrogens is 2. The Balaban J connectivity index is 1.78. The molecule has 112 valence electrons. The molecule has 1 heterocycles. The molecule has 1 aromatic carbocycles. The van der Waals surface area contributed by atoms with Gasteiger partial charge in [0.25, 0.3) is 0 Å². The lowest BCUT2D eigenvalue weighted by Gasteiger charge is -2.23. The Labute approximate surface area is 134 Å². The molecule has 0 fully saturated rings. The highest BCUT2D eigenvalue weighted by Crippen LogP contribution is 2.31. The summed E-state index contributed by atoms with van der Waals surface area (Å²) in [6.07, 6.45) is 3.36. The number of benzene rings is 1. The van der Waals surface area contributed by atoms with Gasteiger partial charge in [-0.2, -0.15) is 5.10 Å². The number of aryl methyl sites for hydroxylation is 2. The number of halogens is 1. The molecule has 1 aliphatic rings. The second-order valence-electron chi connectivity index (χ2n) is 6.01. The number of fused-ring (bicyclic) bond motifs is 1. The normalized spacial score (nSPS) is 16.2. The Bertz CT molecular complexity index is 622. The Morgan fingerprint density at radius 3 is 2.43 bits per heavy atom. The van der Waals surface area contributed by atoms with Gasteiger partial charge in [-0.1, -0.05) is 24.3 Å². The molecule has 0 amide bonds. The van der Waals surface area contributed by atoms with Crippen molar-refractivity contribution in [3.05, 3.63) is 51.3 Å². The van der Waals surface area contributed by atoms with Crippen molar-refractivity contribution in [2.75, 3.05) is 7.05 Å². The summed E-state index contributed by atoms with van der Waals surface area (Å²) < 4.78 is 3.16. The number of hydrogen-bond acceptors (Lipinski definition) is 2. The maximum Gasteiger partial charge on any atom is 0.0738 e. The summed E-state index contributed by atoms with van der Waals surface area (Å²) in [5, 5.41) is 8.04. The van der Waals surface area contributed by atoms with E-state index < -0.39 is 0 Å². The van der Waals surface area contributed by atoms with Gasteiger partial charge in [-0.05, 0) is 59.8 Å². The van der Waals surface area contributed by atoms with E-state index in [0.717, 1.165) is 16.6 Å². The van der Waals surface area contributed by atoms with Crippen LogP contribution in [0, 0.1) is 12.8 Å². The first-order valence-electron chi connectivity index (χ1n) is 7.52. The van der Waals surface area contributed by atoms with Gasteiger partial charge in [-0.3, -0.25) is 4.68 Å². The first-order chi connectivity index (χ1) is 10.1. The van der Waals surface area contributed by atoms with E-state index in [1.165, 1.54) is 29.7 Å². The molecule has 1 N–H and O–H groups in total. The minimum Gasteiger partial charge on any atom is -0.316 e. The largest absolute Gasteiger partial charge is 0.316 e. The summed E-state index contributed by atoms with van der Waals surface area (Å²) in [7, 11) is 4.11. The third-order valence-corrected chi connectivity index (χ3v) is 5.73. The van der Waals surface area contributed by atoms with Crippen LogP contribution in [0.4, 0.5) is 0 Å². The Morgan fingerprint density at radius 1 is 1.33 bits per heavy atom. The molecule has 0 saturated heterocycles. The second kappa shape index (κ2) is 5.93. The number of hydrogen-bond donors (Lipinski definition) is 1. The van der Waals surface area contributed by atoms with Crippen molar-refractivity contribution >= 4 is 15.9 Å². The zero-order chi connectivity index (χ0) is 15.0. The van der Waals surface area contributed by atoms with Crippen LogP contribution in [0.15, 0.2) is 28.7 Å². The monoisotopic (exact) mass is 347 g/mol. The Morgan fingerprint density at radius 2 is 1.95 bits per heavy atom. The summed E-state index contributed by atoms with van der Waals surface area (Å²) in [5.41, 5.74) is 5.38. The average molecular weight is 348 g/mol. The molecular formula is C17H22BrN3. The fourth-order valence-corrected chi connectivity index (χ4v) is 3.99. The third-order valence-electron chi connectivity index (χ3n) is 4.70. The van der Waals surface area contributed by atoms with Gasteiger partial charge in [0.05, 0.1) is 15.9 Å².